The van der Waals surface area contributed by atoms with Crippen molar-refractivity contribution in [3.05, 3.63) is 0 Å². The molecule has 2 N–H and O–H groups in total. The summed E-state index contributed by atoms with van der Waals surface area (Å²) in [6, 6.07) is 0.0441. The third-order valence-corrected chi connectivity index (χ3v) is 3.14. The van der Waals surface area contributed by atoms with Crippen molar-refractivity contribution in [3.63, 3.8) is 0 Å². The van der Waals surface area contributed by atoms with E-state index in [9.17, 15) is 9.59 Å². The molecule has 98 valence electrons. The van der Waals surface area contributed by atoms with Crippen LogP contribution in [0.15, 0.2) is 0 Å². The molecule has 1 heterocycles. The maximum Gasteiger partial charge on any atom is 0.240 e. The average Bonchev–Trinajstić information content (AvgIpc) is 2.31. The van der Waals surface area contributed by atoms with Gasteiger partial charge >= 0.3 is 0 Å². The number of carbonyl (C=O) groups is 2. The van der Waals surface area contributed by atoms with E-state index in [4.69, 9.17) is 0 Å². The first-order valence-electron chi connectivity index (χ1n) is 6.40. The molecule has 1 fully saturated rings. The van der Waals surface area contributed by atoms with Crippen molar-refractivity contribution >= 4 is 11.8 Å². The van der Waals surface area contributed by atoms with Crippen LogP contribution >= 0.6 is 0 Å². The van der Waals surface area contributed by atoms with Crippen LogP contribution in [0.5, 0.6) is 0 Å². The van der Waals surface area contributed by atoms with Gasteiger partial charge in [-0.25, -0.2) is 0 Å². The highest BCUT2D eigenvalue weighted by atomic mass is 16.2. The predicted molar refractivity (Wildman–Crippen MR) is 66.6 cm³/mol. The molecule has 0 spiro atoms. The van der Waals surface area contributed by atoms with Gasteiger partial charge in [0.1, 0.15) is 0 Å². The van der Waals surface area contributed by atoms with Crippen molar-refractivity contribution in [2.45, 2.75) is 45.7 Å². The smallest absolute Gasteiger partial charge is 0.240 e. The Morgan fingerprint density at radius 3 is 2.88 bits per heavy atom. The van der Waals surface area contributed by atoms with Crippen LogP contribution in [0.2, 0.25) is 0 Å². The van der Waals surface area contributed by atoms with Gasteiger partial charge in [0.2, 0.25) is 11.8 Å². The lowest BCUT2D eigenvalue weighted by Gasteiger charge is -2.32. The van der Waals surface area contributed by atoms with Gasteiger partial charge in [-0.2, -0.15) is 0 Å². The monoisotopic (exact) mass is 241 g/mol. The molecule has 0 radical (unpaired) electrons. The minimum Gasteiger partial charge on any atom is -0.352 e. The fourth-order valence-electron chi connectivity index (χ4n) is 1.86. The van der Waals surface area contributed by atoms with Crippen LogP contribution in [0.3, 0.4) is 0 Å². The summed E-state index contributed by atoms with van der Waals surface area (Å²) in [4.78, 5) is 25.3. The van der Waals surface area contributed by atoms with Crippen LogP contribution in [0, 0.1) is 0 Å². The predicted octanol–water partition coefficient (Wildman–Crippen LogP) is 0.112. The van der Waals surface area contributed by atoms with E-state index in [1.54, 1.807) is 4.90 Å². The Bertz CT molecular complexity index is 281. The molecule has 5 heteroatoms. The van der Waals surface area contributed by atoms with Crippen LogP contribution in [0.1, 0.15) is 33.6 Å². The lowest BCUT2D eigenvalue weighted by Crippen LogP contribution is -2.57. The number of rotatable bonds is 5. The molecule has 1 aliphatic heterocycles. The van der Waals surface area contributed by atoms with Gasteiger partial charge in [0.15, 0.2) is 0 Å². The molecule has 2 unspecified atom stereocenters. The van der Waals surface area contributed by atoms with E-state index in [1.165, 1.54) is 0 Å². The fourth-order valence-corrected chi connectivity index (χ4v) is 1.86. The summed E-state index contributed by atoms with van der Waals surface area (Å²) >= 11 is 0. The van der Waals surface area contributed by atoms with Gasteiger partial charge < -0.3 is 15.5 Å². The van der Waals surface area contributed by atoms with Gasteiger partial charge in [-0.1, -0.05) is 13.8 Å². The highest BCUT2D eigenvalue weighted by Crippen LogP contribution is 2.04. The molecular weight excluding hydrogens is 218 g/mol. The van der Waals surface area contributed by atoms with Gasteiger partial charge in [-0.15, -0.1) is 0 Å². The zero-order valence-electron chi connectivity index (χ0n) is 11.0. The fraction of sp³-hybridized carbons (Fsp3) is 0.833. The van der Waals surface area contributed by atoms with E-state index in [0.717, 1.165) is 19.4 Å². The minimum absolute atomic E-state index is 0.0399. The molecule has 17 heavy (non-hydrogen) atoms. The van der Waals surface area contributed by atoms with E-state index in [-0.39, 0.29) is 30.4 Å². The Morgan fingerprint density at radius 2 is 2.29 bits per heavy atom. The van der Waals surface area contributed by atoms with Crippen molar-refractivity contribution in [1.29, 1.82) is 0 Å². The molecule has 2 atom stereocenters. The van der Waals surface area contributed by atoms with Gasteiger partial charge in [0.05, 0.1) is 12.6 Å². The lowest BCUT2D eigenvalue weighted by atomic mass is 10.1. The summed E-state index contributed by atoms with van der Waals surface area (Å²) in [5, 5.41) is 6.03. The second kappa shape index (κ2) is 6.59. The van der Waals surface area contributed by atoms with Crippen LogP contribution in [-0.2, 0) is 9.59 Å². The van der Waals surface area contributed by atoms with Crippen molar-refractivity contribution in [1.82, 2.24) is 15.5 Å². The molecule has 0 bridgehead atoms. The second-order valence-electron chi connectivity index (χ2n) is 4.55. The molecule has 0 aliphatic carbocycles. The maximum atomic E-state index is 11.9. The molecule has 1 rings (SSSR count). The Balaban J connectivity index is 2.44. The third kappa shape index (κ3) is 4.00. The minimum atomic E-state index is -0.125. The second-order valence-corrected chi connectivity index (χ2v) is 4.55. The zero-order valence-corrected chi connectivity index (χ0v) is 11.0. The van der Waals surface area contributed by atoms with Crippen LogP contribution in [0.25, 0.3) is 0 Å². The summed E-state index contributed by atoms with van der Waals surface area (Å²) < 4.78 is 0. The molecule has 0 aromatic rings. The van der Waals surface area contributed by atoms with Gasteiger partial charge in [0, 0.05) is 19.1 Å². The van der Waals surface area contributed by atoms with Crippen LogP contribution in [0.4, 0.5) is 0 Å². The first-order chi connectivity index (χ1) is 8.08. The first-order valence-corrected chi connectivity index (χ1v) is 6.40. The van der Waals surface area contributed by atoms with Crippen LogP contribution in [-0.4, -0.2) is 48.4 Å². The molecule has 0 saturated carbocycles. The highest BCUT2D eigenvalue weighted by molar-refractivity contribution is 5.88. The van der Waals surface area contributed by atoms with Crippen molar-refractivity contribution in [3.8, 4) is 0 Å². The summed E-state index contributed by atoms with van der Waals surface area (Å²) in [6.45, 7) is 7.52. The average molecular weight is 241 g/mol. The Morgan fingerprint density at radius 1 is 1.59 bits per heavy atom. The standard InChI is InChI=1S/C12H23N3O2/c1-4-9(3)14-11(16)8-15-7-6-13-10(5-2)12(15)17/h9-10,13H,4-8H2,1-3H3,(H,14,16). The summed E-state index contributed by atoms with van der Waals surface area (Å²) in [5.74, 6) is -0.0255. The molecule has 1 saturated heterocycles. The molecule has 0 aromatic heterocycles. The quantitative estimate of drug-likeness (QED) is 0.718. The van der Waals surface area contributed by atoms with Crippen molar-refractivity contribution in [2.24, 2.45) is 0 Å². The van der Waals surface area contributed by atoms with Gasteiger partial charge in [-0.05, 0) is 19.8 Å². The SMILES string of the molecule is CCC(C)NC(=O)CN1CCNC(CC)C1=O. The van der Waals surface area contributed by atoms with E-state index >= 15 is 0 Å². The number of amides is 2. The first kappa shape index (κ1) is 14.0. The highest BCUT2D eigenvalue weighted by Gasteiger charge is 2.28. The van der Waals surface area contributed by atoms with E-state index < -0.39 is 0 Å². The third-order valence-electron chi connectivity index (χ3n) is 3.14. The molecule has 5 nitrogen and oxygen atoms in total. The normalized spacial score (nSPS) is 22.4. The van der Waals surface area contributed by atoms with E-state index in [2.05, 4.69) is 10.6 Å². The summed E-state index contributed by atoms with van der Waals surface area (Å²) in [6.07, 6.45) is 1.67. The number of carbonyl (C=O) groups excluding carboxylic acids is 2. The number of piperazine rings is 1. The molecule has 0 aromatic carbocycles. The number of hydrogen-bond acceptors (Lipinski definition) is 3. The Hall–Kier alpha value is -1.10. The topological polar surface area (TPSA) is 61.4 Å². The van der Waals surface area contributed by atoms with Crippen molar-refractivity contribution < 1.29 is 9.59 Å². The summed E-state index contributed by atoms with van der Waals surface area (Å²) in [5.41, 5.74) is 0. The Labute approximate surface area is 103 Å². The number of nitrogens with zero attached hydrogens (tertiary/aromatic N) is 1. The van der Waals surface area contributed by atoms with E-state index in [1.807, 2.05) is 20.8 Å². The van der Waals surface area contributed by atoms with Crippen molar-refractivity contribution in [2.75, 3.05) is 19.6 Å². The Kier molecular flexibility index (Phi) is 5.41. The molecule has 2 amide bonds. The van der Waals surface area contributed by atoms with E-state index in [0.29, 0.717) is 6.54 Å². The number of hydrogen-bond donors (Lipinski definition) is 2. The molecular formula is C12H23N3O2. The zero-order chi connectivity index (χ0) is 12.8. The maximum absolute atomic E-state index is 11.9. The van der Waals surface area contributed by atoms with Crippen LogP contribution < -0.4 is 10.6 Å². The van der Waals surface area contributed by atoms with Gasteiger partial charge in [0.25, 0.3) is 0 Å². The lowest BCUT2D eigenvalue weighted by molar-refractivity contribution is -0.139. The largest absolute Gasteiger partial charge is 0.352 e. The number of nitrogens with one attached hydrogen (secondary N) is 2. The summed E-state index contributed by atoms with van der Waals surface area (Å²) in [7, 11) is 0. The van der Waals surface area contributed by atoms with Gasteiger partial charge in [-0.3, -0.25) is 9.59 Å². The molecule has 1 aliphatic rings.